The first-order valence-electron chi connectivity index (χ1n) is 8.32. The van der Waals surface area contributed by atoms with E-state index in [0.717, 1.165) is 16.7 Å². The summed E-state index contributed by atoms with van der Waals surface area (Å²) in [6.07, 6.45) is 4.30. The van der Waals surface area contributed by atoms with E-state index in [9.17, 15) is 9.18 Å². The maximum Gasteiger partial charge on any atom is 0.222 e. The fraction of sp³-hybridized carbons (Fsp3) is 0.190. The number of amides is 1. The number of benzene rings is 2. The van der Waals surface area contributed by atoms with Crippen molar-refractivity contribution in [2.45, 2.75) is 25.9 Å². The Morgan fingerprint density at radius 1 is 1.04 bits per heavy atom. The first-order valence-corrected chi connectivity index (χ1v) is 8.32. The van der Waals surface area contributed by atoms with E-state index in [0.29, 0.717) is 13.0 Å². The molecule has 0 aliphatic rings. The maximum atomic E-state index is 13.0. The van der Waals surface area contributed by atoms with Gasteiger partial charge in [0.15, 0.2) is 0 Å². The molecule has 0 aliphatic heterocycles. The van der Waals surface area contributed by atoms with Gasteiger partial charge in [0.2, 0.25) is 5.91 Å². The minimum absolute atomic E-state index is 0.0359. The van der Waals surface area contributed by atoms with E-state index < -0.39 is 0 Å². The van der Waals surface area contributed by atoms with E-state index in [2.05, 4.69) is 28.9 Å². The molecular formula is C21H21FN2O. The van der Waals surface area contributed by atoms with Crippen molar-refractivity contribution in [1.82, 2.24) is 9.88 Å². The standard InChI is InChI=1S/C21H21FN2O/c1-16-6-2-3-7-19(16)20(24-12-4-5-13-24)14-21(25)23-15-17-8-10-18(22)11-9-17/h2-13,20H,14-15H2,1H3,(H,23,25)/t20-/m0/s1. The number of hydrogen-bond acceptors (Lipinski definition) is 1. The van der Waals surface area contributed by atoms with Gasteiger partial charge in [0, 0.05) is 18.9 Å². The molecule has 0 radical (unpaired) electrons. The monoisotopic (exact) mass is 336 g/mol. The van der Waals surface area contributed by atoms with Crippen LogP contribution < -0.4 is 5.32 Å². The summed E-state index contributed by atoms with van der Waals surface area (Å²) in [6.45, 7) is 2.45. The van der Waals surface area contributed by atoms with Crippen LogP contribution in [-0.2, 0) is 11.3 Å². The highest BCUT2D eigenvalue weighted by Crippen LogP contribution is 2.25. The van der Waals surface area contributed by atoms with E-state index in [1.165, 1.54) is 12.1 Å². The summed E-state index contributed by atoms with van der Waals surface area (Å²) in [5.74, 6) is -0.312. The number of carbonyl (C=O) groups excluding carboxylic acids is 1. The van der Waals surface area contributed by atoms with Gasteiger partial charge in [-0.25, -0.2) is 4.39 Å². The molecule has 0 unspecified atom stereocenters. The lowest BCUT2D eigenvalue weighted by Crippen LogP contribution is -2.26. The van der Waals surface area contributed by atoms with Crippen LogP contribution in [0.25, 0.3) is 0 Å². The van der Waals surface area contributed by atoms with Gasteiger partial charge in [-0.1, -0.05) is 36.4 Å². The molecule has 1 aromatic heterocycles. The number of carbonyl (C=O) groups is 1. The summed E-state index contributed by atoms with van der Waals surface area (Å²) in [7, 11) is 0. The number of aryl methyl sites for hydroxylation is 1. The van der Waals surface area contributed by atoms with Crippen LogP contribution in [0.4, 0.5) is 4.39 Å². The molecule has 0 spiro atoms. The van der Waals surface area contributed by atoms with Crippen LogP contribution in [0.1, 0.15) is 29.2 Å². The average molecular weight is 336 g/mol. The van der Waals surface area contributed by atoms with Gasteiger partial charge in [0.1, 0.15) is 5.82 Å². The van der Waals surface area contributed by atoms with E-state index in [1.807, 2.05) is 36.7 Å². The third-order valence-corrected chi connectivity index (χ3v) is 4.32. The number of rotatable bonds is 6. The second-order valence-corrected chi connectivity index (χ2v) is 6.11. The van der Waals surface area contributed by atoms with Crippen LogP contribution in [0.5, 0.6) is 0 Å². The molecule has 0 saturated carbocycles. The molecule has 25 heavy (non-hydrogen) atoms. The Bertz CT molecular complexity index is 825. The van der Waals surface area contributed by atoms with Gasteiger partial charge in [-0.15, -0.1) is 0 Å². The molecule has 2 aromatic carbocycles. The van der Waals surface area contributed by atoms with Crippen molar-refractivity contribution in [2.75, 3.05) is 0 Å². The lowest BCUT2D eigenvalue weighted by molar-refractivity contribution is -0.121. The zero-order valence-corrected chi connectivity index (χ0v) is 14.2. The van der Waals surface area contributed by atoms with E-state index in [4.69, 9.17) is 0 Å². The second-order valence-electron chi connectivity index (χ2n) is 6.11. The molecule has 3 nitrogen and oxygen atoms in total. The third-order valence-electron chi connectivity index (χ3n) is 4.32. The lowest BCUT2D eigenvalue weighted by atomic mass is 9.98. The van der Waals surface area contributed by atoms with Gasteiger partial charge in [-0.3, -0.25) is 4.79 Å². The van der Waals surface area contributed by atoms with Crippen LogP contribution >= 0.6 is 0 Å². The Labute approximate surface area is 147 Å². The van der Waals surface area contributed by atoms with Gasteiger partial charge < -0.3 is 9.88 Å². The average Bonchev–Trinajstić information content (AvgIpc) is 3.14. The quantitative estimate of drug-likeness (QED) is 0.718. The molecule has 0 bridgehead atoms. The molecule has 0 fully saturated rings. The molecule has 1 heterocycles. The summed E-state index contributed by atoms with van der Waals surface area (Å²) in [4.78, 5) is 12.5. The molecule has 0 saturated heterocycles. The van der Waals surface area contributed by atoms with Crippen molar-refractivity contribution in [3.05, 3.63) is 95.6 Å². The van der Waals surface area contributed by atoms with Gasteiger partial charge >= 0.3 is 0 Å². The highest BCUT2D eigenvalue weighted by molar-refractivity contribution is 5.77. The van der Waals surface area contributed by atoms with Gasteiger partial charge in [0.05, 0.1) is 12.5 Å². The summed E-state index contributed by atoms with van der Waals surface area (Å²) < 4.78 is 15.0. The minimum atomic E-state index is -0.276. The van der Waals surface area contributed by atoms with Gasteiger partial charge in [0.25, 0.3) is 0 Å². The predicted octanol–water partition coefficient (Wildman–Crippen LogP) is 4.23. The molecule has 3 aromatic rings. The fourth-order valence-corrected chi connectivity index (χ4v) is 2.94. The zero-order chi connectivity index (χ0) is 17.6. The fourth-order valence-electron chi connectivity index (χ4n) is 2.94. The Balaban J connectivity index is 1.71. The van der Waals surface area contributed by atoms with E-state index >= 15 is 0 Å². The number of halogens is 1. The molecule has 1 atom stereocenters. The van der Waals surface area contributed by atoms with Gasteiger partial charge in [-0.2, -0.15) is 0 Å². The lowest BCUT2D eigenvalue weighted by Gasteiger charge is -2.21. The van der Waals surface area contributed by atoms with Crippen LogP contribution in [0.15, 0.2) is 73.1 Å². The SMILES string of the molecule is Cc1ccccc1[C@H](CC(=O)NCc1ccc(F)cc1)n1cccc1. The highest BCUT2D eigenvalue weighted by Gasteiger charge is 2.18. The summed E-state index contributed by atoms with van der Waals surface area (Å²) in [6, 6.07) is 18.1. The van der Waals surface area contributed by atoms with Crippen LogP contribution in [0, 0.1) is 12.7 Å². The van der Waals surface area contributed by atoms with Crippen molar-refractivity contribution in [3.8, 4) is 0 Å². The number of nitrogens with one attached hydrogen (secondary N) is 1. The molecule has 1 N–H and O–H groups in total. The molecule has 128 valence electrons. The van der Waals surface area contributed by atoms with Crippen molar-refractivity contribution in [1.29, 1.82) is 0 Å². The van der Waals surface area contributed by atoms with Crippen LogP contribution in [0.2, 0.25) is 0 Å². The minimum Gasteiger partial charge on any atom is -0.352 e. The molecule has 0 aliphatic carbocycles. The summed E-state index contributed by atoms with van der Waals surface area (Å²) >= 11 is 0. The van der Waals surface area contributed by atoms with Crippen molar-refractivity contribution in [2.24, 2.45) is 0 Å². The third kappa shape index (κ3) is 4.35. The van der Waals surface area contributed by atoms with Crippen molar-refractivity contribution < 1.29 is 9.18 Å². The van der Waals surface area contributed by atoms with Crippen LogP contribution in [-0.4, -0.2) is 10.5 Å². The van der Waals surface area contributed by atoms with Crippen molar-refractivity contribution >= 4 is 5.91 Å². The molecule has 3 rings (SSSR count). The first-order chi connectivity index (χ1) is 12.1. The van der Waals surface area contributed by atoms with Gasteiger partial charge in [-0.05, 0) is 47.9 Å². The zero-order valence-electron chi connectivity index (χ0n) is 14.2. The first kappa shape index (κ1) is 17.0. The Morgan fingerprint density at radius 2 is 1.72 bits per heavy atom. The Morgan fingerprint density at radius 3 is 2.40 bits per heavy atom. The highest BCUT2D eigenvalue weighted by atomic mass is 19.1. The number of nitrogens with zero attached hydrogens (tertiary/aromatic N) is 1. The number of aromatic nitrogens is 1. The van der Waals surface area contributed by atoms with Crippen molar-refractivity contribution in [3.63, 3.8) is 0 Å². The van der Waals surface area contributed by atoms with Crippen LogP contribution in [0.3, 0.4) is 0 Å². The predicted molar refractivity (Wildman–Crippen MR) is 96.6 cm³/mol. The van der Waals surface area contributed by atoms with E-state index in [1.54, 1.807) is 12.1 Å². The molecular weight excluding hydrogens is 315 g/mol. The largest absolute Gasteiger partial charge is 0.352 e. The Hall–Kier alpha value is -2.88. The number of hydrogen-bond donors (Lipinski definition) is 1. The Kier molecular flexibility index (Phi) is 5.29. The summed E-state index contributed by atoms with van der Waals surface area (Å²) in [5, 5.41) is 2.93. The van der Waals surface area contributed by atoms with E-state index in [-0.39, 0.29) is 17.8 Å². The second kappa shape index (κ2) is 7.79. The molecule has 4 heteroatoms. The summed E-state index contributed by atoms with van der Waals surface area (Å²) in [5.41, 5.74) is 3.17. The topological polar surface area (TPSA) is 34.0 Å². The normalized spacial score (nSPS) is 11.9. The smallest absolute Gasteiger partial charge is 0.222 e. The maximum absolute atomic E-state index is 13.0. The molecule has 1 amide bonds.